The van der Waals surface area contributed by atoms with Crippen LogP contribution in [0.5, 0.6) is 0 Å². The molecular weight excluding hydrogens is 318 g/mol. The first-order chi connectivity index (χ1) is 11.9. The van der Waals surface area contributed by atoms with Crippen LogP contribution in [-0.2, 0) is 20.8 Å². The Hall–Kier alpha value is -2.37. The number of benzene rings is 1. The molecule has 0 spiro atoms. The van der Waals surface area contributed by atoms with Crippen LogP contribution in [0.3, 0.4) is 0 Å². The molecule has 0 radical (unpaired) electrons. The van der Waals surface area contributed by atoms with Crippen molar-refractivity contribution >= 4 is 29.1 Å². The van der Waals surface area contributed by atoms with E-state index in [4.69, 9.17) is 0 Å². The smallest absolute Gasteiger partial charge is 0.227 e. The van der Waals surface area contributed by atoms with Crippen LogP contribution in [0.15, 0.2) is 18.2 Å². The Morgan fingerprint density at radius 1 is 1.32 bits per heavy atom. The van der Waals surface area contributed by atoms with Crippen molar-refractivity contribution in [2.45, 2.75) is 33.6 Å². The molecule has 1 fully saturated rings. The molecule has 0 aliphatic carbocycles. The Labute approximate surface area is 148 Å². The number of anilines is 2. The lowest BCUT2D eigenvalue weighted by atomic mass is 10.1. The van der Waals surface area contributed by atoms with Crippen LogP contribution in [0, 0.1) is 11.8 Å². The van der Waals surface area contributed by atoms with E-state index >= 15 is 0 Å². The number of rotatable bonds is 4. The van der Waals surface area contributed by atoms with Gasteiger partial charge in [-0.05, 0) is 36.1 Å². The van der Waals surface area contributed by atoms with Crippen molar-refractivity contribution in [3.05, 3.63) is 23.8 Å². The topological polar surface area (TPSA) is 69.7 Å². The van der Waals surface area contributed by atoms with Gasteiger partial charge in [0.1, 0.15) is 0 Å². The number of fused-ring (bicyclic) bond motifs is 1. The first kappa shape index (κ1) is 17.5. The van der Waals surface area contributed by atoms with Gasteiger partial charge in [0.15, 0.2) is 0 Å². The van der Waals surface area contributed by atoms with Crippen LogP contribution in [0.2, 0.25) is 0 Å². The van der Waals surface area contributed by atoms with Crippen molar-refractivity contribution < 1.29 is 14.4 Å². The van der Waals surface area contributed by atoms with E-state index in [1.54, 1.807) is 16.7 Å². The van der Waals surface area contributed by atoms with Crippen LogP contribution in [-0.4, -0.2) is 37.4 Å². The highest BCUT2D eigenvalue weighted by Gasteiger charge is 2.35. The van der Waals surface area contributed by atoms with Gasteiger partial charge in [0.25, 0.3) is 0 Å². The van der Waals surface area contributed by atoms with Gasteiger partial charge in [-0.15, -0.1) is 0 Å². The fourth-order valence-corrected chi connectivity index (χ4v) is 3.46. The highest BCUT2D eigenvalue weighted by Crippen LogP contribution is 2.34. The molecule has 134 valence electrons. The molecular formula is C19H25N3O3. The Morgan fingerprint density at radius 2 is 2.08 bits per heavy atom. The quantitative estimate of drug-likeness (QED) is 0.905. The lowest BCUT2D eigenvalue weighted by Crippen LogP contribution is -2.35. The average Bonchev–Trinajstić information content (AvgIpc) is 3.15. The van der Waals surface area contributed by atoms with Crippen molar-refractivity contribution in [2.75, 3.05) is 29.4 Å². The van der Waals surface area contributed by atoms with E-state index in [2.05, 4.69) is 5.32 Å². The first-order valence-electron chi connectivity index (χ1n) is 8.86. The Bertz CT molecular complexity index is 714. The van der Waals surface area contributed by atoms with Gasteiger partial charge in [0, 0.05) is 44.4 Å². The standard InChI is InChI=1S/C19H25N3O3/c1-12(2)10-20-19(25)15-9-18(24)22(11-15)16-4-5-17-14(8-16)6-7-21(17)13(3)23/h4-5,8,12,15H,6-7,9-11H2,1-3H3,(H,20,25)/t15-/m0/s1. The van der Waals surface area contributed by atoms with Crippen molar-refractivity contribution in [2.24, 2.45) is 11.8 Å². The number of hydrogen-bond donors (Lipinski definition) is 1. The summed E-state index contributed by atoms with van der Waals surface area (Å²) in [6.07, 6.45) is 1.05. The molecule has 2 aliphatic rings. The highest BCUT2D eigenvalue weighted by molar-refractivity contribution is 6.01. The van der Waals surface area contributed by atoms with Gasteiger partial charge in [-0.1, -0.05) is 13.8 Å². The Morgan fingerprint density at radius 3 is 2.76 bits per heavy atom. The maximum absolute atomic E-state index is 12.4. The predicted molar refractivity (Wildman–Crippen MR) is 96.5 cm³/mol. The van der Waals surface area contributed by atoms with E-state index in [0.29, 0.717) is 25.6 Å². The molecule has 2 aliphatic heterocycles. The lowest BCUT2D eigenvalue weighted by molar-refractivity contribution is -0.126. The predicted octanol–water partition coefficient (Wildman–Crippen LogP) is 1.72. The van der Waals surface area contributed by atoms with Gasteiger partial charge in [0.2, 0.25) is 17.7 Å². The summed E-state index contributed by atoms with van der Waals surface area (Å²) in [6.45, 7) is 7.37. The van der Waals surface area contributed by atoms with Gasteiger partial charge >= 0.3 is 0 Å². The average molecular weight is 343 g/mol. The number of carbonyl (C=O) groups is 3. The summed E-state index contributed by atoms with van der Waals surface area (Å²) in [5, 5.41) is 2.91. The van der Waals surface area contributed by atoms with E-state index in [0.717, 1.165) is 23.4 Å². The summed E-state index contributed by atoms with van der Waals surface area (Å²) in [5.74, 6) is 0.0523. The second kappa shape index (κ2) is 6.86. The molecule has 3 rings (SSSR count). The van der Waals surface area contributed by atoms with Crippen molar-refractivity contribution in [1.29, 1.82) is 0 Å². The third-order valence-electron chi connectivity index (χ3n) is 4.83. The van der Waals surface area contributed by atoms with Gasteiger partial charge < -0.3 is 15.1 Å². The molecule has 6 heteroatoms. The number of nitrogens with zero attached hydrogens (tertiary/aromatic N) is 2. The molecule has 0 bridgehead atoms. The van der Waals surface area contributed by atoms with E-state index in [1.807, 2.05) is 32.0 Å². The first-order valence-corrected chi connectivity index (χ1v) is 8.86. The zero-order valence-corrected chi connectivity index (χ0v) is 15.0. The molecule has 1 aromatic rings. The van der Waals surface area contributed by atoms with Gasteiger partial charge in [-0.3, -0.25) is 14.4 Å². The van der Waals surface area contributed by atoms with Crippen molar-refractivity contribution in [3.8, 4) is 0 Å². The minimum atomic E-state index is -0.298. The second-order valence-corrected chi connectivity index (χ2v) is 7.28. The van der Waals surface area contributed by atoms with Crippen LogP contribution < -0.4 is 15.1 Å². The van der Waals surface area contributed by atoms with Crippen LogP contribution in [0.1, 0.15) is 32.8 Å². The summed E-state index contributed by atoms with van der Waals surface area (Å²) in [5.41, 5.74) is 2.82. The minimum Gasteiger partial charge on any atom is -0.356 e. The summed E-state index contributed by atoms with van der Waals surface area (Å²) < 4.78 is 0. The third kappa shape index (κ3) is 3.52. The largest absolute Gasteiger partial charge is 0.356 e. The van der Waals surface area contributed by atoms with Gasteiger partial charge in [-0.25, -0.2) is 0 Å². The number of carbonyl (C=O) groups excluding carboxylic acids is 3. The molecule has 1 saturated heterocycles. The molecule has 1 aromatic carbocycles. The number of hydrogen-bond acceptors (Lipinski definition) is 3. The number of nitrogens with one attached hydrogen (secondary N) is 1. The normalized spacial score (nSPS) is 19.5. The Balaban J connectivity index is 1.72. The van der Waals surface area contributed by atoms with Crippen LogP contribution >= 0.6 is 0 Å². The minimum absolute atomic E-state index is 0.0222. The van der Waals surface area contributed by atoms with E-state index < -0.39 is 0 Å². The zero-order chi connectivity index (χ0) is 18.1. The summed E-state index contributed by atoms with van der Waals surface area (Å²) in [4.78, 5) is 39.7. The molecule has 0 aromatic heterocycles. The molecule has 6 nitrogen and oxygen atoms in total. The Kier molecular flexibility index (Phi) is 4.79. The molecule has 0 saturated carbocycles. The van der Waals surface area contributed by atoms with Crippen LogP contribution in [0.4, 0.5) is 11.4 Å². The van der Waals surface area contributed by atoms with E-state index in [1.165, 1.54) is 0 Å². The second-order valence-electron chi connectivity index (χ2n) is 7.28. The molecule has 3 amide bonds. The summed E-state index contributed by atoms with van der Waals surface area (Å²) >= 11 is 0. The van der Waals surface area contributed by atoms with Crippen LogP contribution in [0.25, 0.3) is 0 Å². The number of amides is 3. The SMILES string of the molecule is CC(=O)N1CCc2cc(N3C[C@@H](C(=O)NCC(C)C)CC3=O)ccc21. The zero-order valence-electron chi connectivity index (χ0n) is 15.0. The molecule has 0 unspecified atom stereocenters. The van der Waals surface area contributed by atoms with Crippen molar-refractivity contribution in [3.63, 3.8) is 0 Å². The molecule has 1 N–H and O–H groups in total. The maximum Gasteiger partial charge on any atom is 0.227 e. The fraction of sp³-hybridized carbons (Fsp3) is 0.526. The molecule has 25 heavy (non-hydrogen) atoms. The van der Waals surface area contributed by atoms with Gasteiger partial charge in [0.05, 0.1) is 5.92 Å². The van der Waals surface area contributed by atoms with Crippen molar-refractivity contribution in [1.82, 2.24) is 5.32 Å². The third-order valence-corrected chi connectivity index (χ3v) is 4.83. The van der Waals surface area contributed by atoms with E-state index in [-0.39, 0.29) is 30.1 Å². The monoisotopic (exact) mass is 343 g/mol. The summed E-state index contributed by atoms with van der Waals surface area (Å²) in [7, 11) is 0. The van der Waals surface area contributed by atoms with E-state index in [9.17, 15) is 14.4 Å². The fourth-order valence-electron chi connectivity index (χ4n) is 3.46. The maximum atomic E-state index is 12.4. The lowest BCUT2D eigenvalue weighted by Gasteiger charge is -2.19. The molecule has 2 heterocycles. The molecule has 1 atom stereocenters. The highest BCUT2D eigenvalue weighted by atomic mass is 16.2. The summed E-state index contributed by atoms with van der Waals surface area (Å²) in [6, 6.07) is 5.75. The van der Waals surface area contributed by atoms with Gasteiger partial charge in [-0.2, -0.15) is 0 Å².